The Hall–Kier alpha value is -2.28. The lowest BCUT2D eigenvalue weighted by molar-refractivity contribution is 0.0766. The second kappa shape index (κ2) is 11.0. The fourth-order valence-corrected chi connectivity index (χ4v) is 3.59. The molecule has 2 N–H and O–H groups in total. The Kier molecular flexibility index (Phi) is 8.16. The van der Waals surface area contributed by atoms with Crippen LogP contribution in [0.4, 0.5) is 10.1 Å². The van der Waals surface area contributed by atoms with E-state index in [1.165, 1.54) is 12.1 Å². The third-order valence-electron chi connectivity index (χ3n) is 5.29. The summed E-state index contributed by atoms with van der Waals surface area (Å²) in [5.74, 6) is -0.252. The van der Waals surface area contributed by atoms with E-state index in [4.69, 9.17) is 0 Å². The van der Waals surface area contributed by atoms with E-state index in [0.717, 1.165) is 44.8 Å². The van der Waals surface area contributed by atoms with Crippen LogP contribution in [0.25, 0.3) is 0 Å². The monoisotopic (exact) mass is 399 g/mol. The lowest BCUT2D eigenvalue weighted by Gasteiger charge is -2.35. The van der Waals surface area contributed by atoms with Crippen LogP contribution in [0.15, 0.2) is 54.6 Å². The van der Waals surface area contributed by atoms with Crippen LogP contribution in [0.1, 0.15) is 23.2 Å². The summed E-state index contributed by atoms with van der Waals surface area (Å²) in [5, 5.41) is 13.5. The molecule has 0 radical (unpaired) electrons. The highest BCUT2D eigenvalue weighted by molar-refractivity contribution is 5.95. The maximum atomic E-state index is 12.9. The normalized spacial score (nSPS) is 16.5. The van der Waals surface area contributed by atoms with Crippen molar-refractivity contribution in [1.29, 1.82) is 0 Å². The number of hydrogen-bond acceptors (Lipinski definition) is 5. The molecule has 2 aromatic rings. The first-order valence-corrected chi connectivity index (χ1v) is 10.3. The molecule has 1 fully saturated rings. The Bertz CT molecular complexity index is 746. The molecule has 1 aliphatic rings. The topological polar surface area (TPSA) is 55.8 Å². The summed E-state index contributed by atoms with van der Waals surface area (Å²) in [5.41, 5.74) is 1.60. The second-order valence-corrected chi connectivity index (χ2v) is 7.58. The fourth-order valence-electron chi connectivity index (χ4n) is 3.59. The number of benzene rings is 2. The smallest absolute Gasteiger partial charge is 0.162 e. The van der Waals surface area contributed by atoms with E-state index in [1.807, 2.05) is 30.3 Å². The van der Waals surface area contributed by atoms with Gasteiger partial charge in [-0.3, -0.25) is 9.69 Å². The molecule has 0 aromatic heterocycles. The number of β-amino-alcohol motifs (C(OH)–C–C–N with tert-alkyl or cyclic N) is 1. The molecule has 0 saturated carbocycles. The summed E-state index contributed by atoms with van der Waals surface area (Å²) in [4.78, 5) is 16.8. The van der Waals surface area contributed by atoms with Crippen molar-refractivity contribution in [3.05, 3.63) is 66.0 Å². The zero-order valence-corrected chi connectivity index (χ0v) is 16.8. The van der Waals surface area contributed by atoms with Crippen LogP contribution in [0.3, 0.4) is 0 Å². The molecule has 0 bridgehead atoms. The second-order valence-electron chi connectivity index (χ2n) is 7.58. The standard InChI is InChI=1S/C23H30FN3O2/c24-20-10-8-19(9-11-20)23(29)7-4-12-26-13-15-27(16-14-26)18-22(28)17-25-21-5-2-1-3-6-21/h1-3,5-6,8-11,22,25,28H,4,7,12-18H2. The lowest BCUT2D eigenvalue weighted by Crippen LogP contribution is -2.49. The average molecular weight is 400 g/mol. The van der Waals surface area contributed by atoms with E-state index in [2.05, 4.69) is 15.1 Å². The summed E-state index contributed by atoms with van der Waals surface area (Å²) in [6.07, 6.45) is 0.880. The maximum Gasteiger partial charge on any atom is 0.162 e. The molecular formula is C23H30FN3O2. The predicted molar refractivity (Wildman–Crippen MR) is 114 cm³/mol. The van der Waals surface area contributed by atoms with Gasteiger partial charge < -0.3 is 15.3 Å². The zero-order chi connectivity index (χ0) is 20.5. The Balaban J connectivity index is 1.29. The van der Waals surface area contributed by atoms with E-state index in [9.17, 15) is 14.3 Å². The summed E-state index contributed by atoms with van der Waals surface area (Å²) < 4.78 is 12.9. The number of aliphatic hydroxyl groups excluding tert-OH is 1. The number of nitrogens with one attached hydrogen (secondary N) is 1. The molecule has 1 atom stereocenters. The number of halogens is 1. The molecule has 3 rings (SSSR count). The number of para-hydroxylation sites is 1. The van der Waals surface area contributed by atoms with E-state index < -0.39 is 6.10 Å². The largest absolute Gasteiger partial charge is 0.390 e. The Morgan fingerprint density at radius 1 is 1.00 bits per heavy atom. The van der Waals surface area contributed by atoms with E-state index in [1.54, 1.807) is 12.1 Å². The van der Waals surface area contributed by atoms with Gasteiger partial charge in [0.1, 0.15) is 5.82 Å². The van der Waals surface area contributed by atoms with Crippen LogP contribution in [-0.2, 0) is 0 Å². The summed E-state index contributed by atoms with van der Waals surface area (Å²) in [7, 11) is 0. The van der Waals surface area contributed by atoms with Crippen molar-refractivity contribution >= 4 is 11.5 Å². The van der Waals surface area contributed by atoms with Crippen molar-refractivity contribution in [1.82, 2.24) is 9.80 Å². The first kappa shape index (κ1) is 21.4. The molecule has 1 heterocycles. The van der Waals surface area contributed by atoms with Gasteiger partial charge in [-0.1, -0.05) is 18.2 Å². The van der Waals surface area contributed by atoms with Crippen LogP contribution >= 0.6 is 0 Å². The SMILES string of the molecule is O=C(CCCN1CCN(CC(O)CNc2ccccc2)CC1)c1ccc(F)cc1. The number of ketones is 1. The quantitative estimate of drug-likeness (QED) is 0.602. The van der Waals surface area contributed by atoms with Crippen molar-refractivity contribution in [2.45, 2.75) is 18.9 Å². The molecule has 0 spiro atoms. The minimum atomic E-state index is -0.407. The van der Waals surface area contributed by atoms with Gasteiger partial charge in [-0.15, -0.1) is 0 Å². The van der Waals surface area contributed by atoms with E-state index in [0.29, 0.717) is 25.1 Å². The van der Waals surface area contributed by atoms with Crippen molar-refractivity contribution in [3.63, 3.8) is 0 Å². The number of carbonyl (C=O) groups excluding carboxylic acids is 1. The first-order valence-electron chi connectivity index (χ1n) is 10.3. The van der Waals surface area contributed by atoms with Crippen LogP contribution in [0.2, 0.25) is 0 Å². The van der Waals surface area contributed by atoms with Gasteiger partial charge in [0.25, 0.3) is 0 Å². The Labute approximate surface area is 172 Å². The van der Waals surface area contributed by atoms with Crippen LogP contribution in [0.5, 0.6) is 0 Å². The van der Waals surface area contributed by atoms with Gasteiger partial charge in [-0.25, -0.2) is 4.39 Å². The molecule has 1 aliphatic heterocycles. The van der Waals surface area contributed by atoms with Crippen LogP contribution in [0, 0.1) is 5.82 Å². The number of nitrogens with zero attached hydrogens (tertiary/aromatic N) is 2. The number of rotatable bonds is 10. The summed E-state index contributed by atoms with van der Waals surface area (Å²) in [6.45, 7) is 5.83. The van der Waals surface area contributed by atoms with Gasteiger partial charge in [0.2, 0.25) is 0 Å². The highest BCUT2D eigenvalue weighted by Crippen LogP contribution is 2.10. The van der Waals surface area contributed by atoms with Gasteiger partial charge in [-0.05, 0) is 49.4 Å². The maximum absolute atomic E-state index is 12.9. The van der Waals surface area contributed by atoms with Crippen LogP contribution in [-0.4, -0.2) is 72.6 Å². The molecule has 0 amide bonds. The van der Waals surface area contributed by atoms with Crippen molar-refractivity contribution in [3.8, 4) is 0 Å². The van der Waals surface area contributed by atoms with E-state index >= 15 is 0 Å². The van der Waals surface area contributed by atoms with Gasteiger partial charge >= 0.3 is 0 Å². The molecule has 5 nitrogen and oxygen atoms in total. The molecule has 1 unspecified atom stereocenters. The molecule has 1 saturated heterocycles. The minimum absolute atomic E-state index is 0.0673. The predicted octanol–water partition coefficient (Wildman–Crippen LogP) is 2.88. The highest BCUT2D eigenvalue weighted by atomic mass is 19.1. The molecule has 156 valence electrons. The Morgan fingerprint density at radius 3 is 2.34 bits per heavy atom. The first-order chi connectivity index (χ1) is 14.1. The lowest BCUT2D eigenvalue weighted by atomic mass is 10.1. The average Bonchev–Trinajstić information content (AvgIpc) is 2.75. The van der Waals surface area contributed by atoms with Gasteiger partial charge in [0.05, 0.1) is 6.10 Å². The van der Waals surface area contributed by atoms with Gasteiger partial charge in [0, 0.05) is 56.9 Å². The third-order valence-corrected chi connectivity index (χ3v) is 5.29. The Morgan fingerprint density at radius 2 is 1.66 bits per heavy atom. The molecule has 6 heteroatoms. The number of piperazine rings is 1. The number of anilines is 1. The zero-order valence-electron chi connectivity index (χ0n) is 16.8. The molecule has 29 heavy (non-hydrogen) atoms. The fraction of sp³-hybridized carbons (Fsp3) is 0.435. The molecular weight excluding hydrogens is 369 g/mol. The van der Waals surface area contributed by atoms with Crippen molar-refractivity contribution < 1.29 is 14.3 Å². The van der Waals surface area contributed by atoms with Gasteiger partial charge in [-0.2, -0.15) is 0 Å². The van der Waals surface area contributed by atoms with Crippen molar-refractivity contribution in [2.75, 3.05) is 51.1 Å². The highest BCUT2D eigenvalue weighted by Gasteiger charge is 2.19. The number of carbonyl (C=O) groups is 1. The number of Topliss-reactive ketones (excluding diaryl/α,β-unsaturated/α-hetero) is 1. The van der Waals surface area contributed by atoms with E-state index in [-0.39, 0.29) is 11.6 Å². The number of hydrogen-bond donors (Lipinski definition) is 2. The minimum Gasteiger partial charge on any atom is -0.390 e. The van der Waals surface area contributed by atoms with Crippen molar-refractivity contribution in [2.24, 2.45) is 0 Å². The summed E-state index contributed by atoms with van der Waals surface area (Å²) in [6, 6.07) is 15.7. The third kappa shape index (κ3) is 7.24. The molecule has 0 aliphatic carbocycles. The van der Waals surface area contributed by atoms with Gasteiger partial charge in [0.15, 0.2) is 5.78 Å². The van der Waals surface area contributed by atoms with Crippen LogP contribution < -0.4 is 5.32 Å². The number of aliphatic hydroxyl groups is 1. The summed E-state index contributed by atoms with van der Waals surface area (Å²) >= 11 is 0. The molecule has 2 aromatic carbocycles.